The lowest BCUT2D eigenvalue weighted by Gasteiger charge is -2.10. The maximum Gasteiger partial charge on any atom is 0.318 e. The zero-order chi connectivity index (χ0) is 19.4. The molecule has 3 rings (SSSR count). The van der Waals surface area contributed by atoms with Crippen LogP contribution in [-0.2, 0) is 18.3 Å². The number of rotatable bonds is 4. The van der Waals surface area contributed by atoms with E-state index in [1.165, 1.54) is 11.7 Å². The molecule has 0 spiro atoms. The van der Waals surface area contributed by atoms with Gasteiger partial charge in [-0.1, -0.05) is 18.2 Å². The Morgan fingerprint density at radius 2 is 1.56 bits per heavy atom. The van der Waals surface area contributed by atoms with Crippen molar-refractivity contribution in [3.8, 4) is 0 Å². The Morgan fingerprint density at radius 3 is 2.19 bits per heavy atom. The van der Waals surface area contributed by atoms with Crippen LogP contribution in [-0.4, -0.2) is 28.8 Å². The molecule has 1 aromatic heterocycles. The molecule has 0 saturated heterocycles. The Bertz CT molecular complexity index is 1060. The molecule has 3 aromatic rings. The summed E-state index contributed by atoms with van der Waals surface area (Å²) >= 11 is 0. The highest BCUT2D eigenvalue weighted by Gasteiger charge is 2.12. The van der Waals surface area contributed by atoms with E-state index in [-0.39, 0.29) is 23.9 Å². The van der Waals surface area contributed by atoms with Crippen molar-refractivity contribution >= 4 is 34.1 Å². The zero-order valence-electron chi connectivity index (χ0n) is 14.9. The van der Waals surface area contributed by atoms with Crippen molar-refractivity contribution in [2.24, 2.45) is 7.05 Å². The number of aryl methyl sites for hydroxylation is 1. The highest BCUT2D eigenvalue weighted by Crippen LogP contribution is 2.16. The van der Waals surface area contributed by atoms with Crippen LogP contribution in [0.5, 0.6) is 0 Å². The molecule has 3 N–H and O–H groups in total. The zero-order valence-corrected chi connectivity index (χ0v) is 14.9. The van der Waals surface area contributed by atoms with E-state index in [1.807, 2.05) is 6.07 Å². The fourth-order valence-electron chi connectivity index (χ4n) is 2.69. The lowest BCUT2D eigenvalue weighted by Crippen LogP contribution is -2.24. The summed E-state index contributed by atoms with van der Waals surface area (Å²) in [4.78, 5) is 35.8. The van der Waals surface area contributed by atoms with Crippen molar-refractivity contribution in [2.45, 2.75) is 6.42 Å². The van der Waals surface area contributed by atoms with Crippen LogP contribution in [0, 0.1) is 0 Å². The largest absolute Gasteiger partial charge is 0.341 e. The summed E-state index contributed by atoms with van der Waals surface area (Å²) in [6.45, 7) is 0. The van der Waals surface area contributed by atoms with E-state index in [2.05, 4.69) is 21.0 Å². The SMILES string of the molecule is CNC(=O)Nc1ccc(NC(=O)Cc2nn(C)c(=O)c3ccccc23)cc1. The number of amides is 3. The van der Waals surface area contributed by atoms with Gasteiger partial charge in [0.25, 0.3) is 5.56 Å². The predicted molar refractivity (Wildman–Crippen MR) is 104 cm³/mol. The monoisotopic (exact) mass is 365 g/mol. The van der Waals surface area contributed by atoms with Crippen LogP contribution in [0.3, 0.4) is 0 Å². The first kappa shape index (κ1) is 18.1. The number of carbonyl (C=O) groups is 2. The van der Waals surface area contributed by atoms with Crippen LogP contribution < -0.4 is 21.5 Å². The molecule has 0 fully saturated rings. The average Bonchev–Trinajstić information content (AvgIpc) is 2.67. The van der Waals surface area contributed by atoms with Gasteiger partial charge in [-0.2, -0.15) is 5.10 Å². The Labute approximate surface area is 155 Å². The number of urea groups is 1. The highest BCUT2D eigenvalue weighted by atomic mass is 16.2. The maximum atomic E-state index is 12.4. The molecular formula is C19H19N5O3. The third-order valence-electron chi connectivity index (χ3n) is 4.01. The molecule has 0 atom stereocenters. The number of aromatic nitrogens is 2. The predicted octanol–water partition coefficient (Wildman–Crippen LogP) is 1.87. The third kappa shape index (κ3) is 4.12. The summed E-state index contributed by atoms with van der Waals surface area (Å²) in [5.41, 5.74) is 1.53. The molecule has 1 heterocycles. The molecule has 0 radical (unpaired) electrons. The van der Waals surface area contributed by atoms with Crippen LogP contribution in [0.1, 0.15) is 5.69 Å². The van der Waals surface area contributed by atoms with Crippen molar-refractivity contribution in [3.05, 3.63) is 64.6 Å². The summed E-state index contributed by atoms with van der Waals surface area (Å²) < 4.78 is 1.24. The number of hydrogen-bond acceptors (Lipinski definition) is 4. The minimum atomic E-state index is -0.320. The van der Waals surface area contributed by atoms with Gasteiger partial charge < -0.3 is 16.0 Å². The minimum Gasteiger partial charge on any atom is -0.341 e. The lowest BCUT2D eigenvalue weighted by molar-refractivity contribution is -0.115. The van der Waals surface area contributed by atoms with E-state index in [0.29, 0.717) is 27.8 Å². The normalized spacial score (nSPS) is 10.4. The smallest absolute Gasteiger partial charge is 0.318 e. The second-order valence-corrected chi connectivity index (χ2v) is 5.93. The van der Waals surface area contributed by atoms with E-state index in [1.54, 1.807) is 49.5 Å². The molecule has 8 heteroatoms. The summed E-state index contributed by atoms with van der Waals surface area (Å²) in [5.74, 6) is -0.252. The van der Waals surface area contributed by atoms with Crippen molar-refractivity contribution < 1.29 is 9.59 Å². The molecule has 2 aromatic carbocycles. The highest BCUT2D eigenvalue weighted by molar-refractivity contribution is 5.95. The molecule has 138 valence electrons. The number of carbonyl (C=O) groups excluding carboxylic acids is 2. The van der Waals surface area contributed by atoms with Gasteiger partial charge in [0.2, 0.25) is 5.91 Å². The molecule has 0 saturated carbocycles. The van der Waals surface area contributed by atoms with Gasteiger partial charge in [0.1, 0.15) is 0 Å². The number of nitrogens with zero attached hydrogens (tertiary/aromatic N) is 2. The van der Waals surface area contributed by atoms with Gasteiger partial charge >= 0.3 is 6.03 Å². The van der Waals surface area contributed by atoms with Crippen LogP contribution in [0.25, 0.3) is 10.8 Å². The first-order chi connectivity index (χ1) is 13.0. The molecule has 8 nitrogen and oxygen atoms in total. The van der Waals surface area contributed by atoms with Crippen molar-refractivity contribution in [2.75, 3.05) is 17.7 Å². The van der Waals surface area contributed by atoms with Gasteiger partial charge in [-0.25, -0.2) is 9.48 Å². The van der Waals surface area contributed by atoms with E-state index in [4.69, 9.17) is 0 Å². The summed E-state index contributed by atoms with van der Waals surface area (Å²) in [7, 11) is 3.09. The molecule has 3 amide bonds. The Morgan fingerprint density at radius 1 is 0.963 bits per heavy atom. The molecule has 0 unspecified atom stereocenters. The van der Waals surface area contributed by atoms with E-state index < -0.39 is 0 Å². The number of hydrogen-bond donors (Lipinski definition) is 3. The summed E-state index contributed by atoms with van der Waals surface area (Å²) in [6.07, 6.45) is 0.0346. The fraction of sp³-hybridized carbons (Fsp3) is 0.158. The molecular weight excluding hydrogens is 346 g/mol. The third-order valence-corrected chi connectivity index (χ3v) is 4.01. The van der Waals surface area contributed by atoms with Crippen molar-refractivity contribution in [3.63, 3.8) is 0 Å². The van der Waals surface area contributed by atoms with Gasteiger partial charge in [-0.15, -0.1) is 0 Å². The van der Waals surface area contributed by atoms with Crippen LogP contribution >= 0.6 is 0 Å². The molecule has 27 heavy (non-hydrogen) atoms. The lowest BCUT2D eigenvalue weighted by atomic mass is 10.1. The Kier molecular flexibility index (Phi) is 5.16. The van der Waals surface area contributed by atoms with Gasteiger partial charge in [0.15, 0.2) is 0 Å². The second-order valence-electron chi connectivity index (χ2n) is 5.93. The quantitative estimate of drug-likeness (QED) is 0.656. The van der Waals surface area contributed by atoms with Crippen LogP contribution in [0.2, 0.25) is 0 Å². The van der Waals surface area contributed by atoms with E-state index in [9.17, 15) is 14.4 Å². The number of fused-ring (bicyclic) bond motifs is 1. The average molecular weight is 365 g/mol. The van der Waals surface area contributed by atoms with Crippen LogP contribution in [0.4, 0.5) is 16.2 Å². The molecule has 0 aliphatic heterocycles. The van der Waals surface area contributed by atoms with E-state index in [0.717, 1.165) is 0 Å². The van der Waals surface area contributed by atoms with Crippen LogP contribution in [0.15, 0.2) is 53.3 Å². The summed E-state index contributed by atoms with van der Waals surface area (Å²) in [6, 6.07) is 13.5. The fourth-order valence-corrected chi connectivity index (χ4v) is 2.69. The minimum absolute atomic E-state index is 0.0346. The Hall–Kier alpha value is -3.68. The molecule has 0 aliphatic carbocycles. The first-order valence-electron chi connectivity index (χ1n) is 8.31. The maximum absolute atomic E-state index is 12.4. The van der Waals surface area contributed by atoms with Crippen molar-refractivity contribution in [1.29, 1.82) is 0 Å². The standard InChI is InChI=1S/C19H19N5O3/c1-20-19(27)22-13-9-7-12(8-10-13)21-17(25)11-16-14-5-3-4-6-15(14)18(26)24(2)23-16/h3-10H,11H2,1-2H3,(H,21,25)(H2,20,22,27). The van der Waals surface area contributed by atoms with Gasteiger partial charge in [-0.05, 0) is 30.3 Å². The molecule has 0 bridgehead atoms. The Balaban J connectivity index is 1.75. The van der Waals surface area contributed by atoms with Gasteiger partial charge in [-0.3, -0.25) is 9.59 Å². The topological polar surface area (TPSA) is 105 Å². The number of benzene rings is 2. The summed E-state index contributed by atoms with van der Waals surface area (Å²) in [5, 5.41) is 13.3. The molecule has 0 aliphatic rings. The van der Waals surface area contributed by atoms with Gasteiger partial charge in [0, 0.05) is 30.9 Å². The first-order valence-corrected chi connectivity index (χ1v) is 8.31. The van der Waals surface area contributed by atoms with Crippen molar-refractivity contribution in [1.82, 2.24) is 15.1 Å². The second kappa shape index (κ2) is 7.69. The van der Waals surface area contributed by atoms with Gasteiger partial charge in [0.05, 0.1) is 17.5 Å². The van der Waals surface area contributed by atoms with E-state index >= 15 is 0 Å². The number of anilines is 2. The number of nitrogens with one attached hydrogen (secondary N) is 3.